The van der Waals surface area contributed by atoms with Crippen molar-refractivity contribution >= 4 is 6.16 Å². The number of carbonyl (C=O) groups is 1. The van der Waals surface area contributed by atoms with Crippen molar-refractivity contribution in [2.75, 3.05) is 39.6 Å². The lowest BCUT2D eigenvalue weighted by atomic mass is 9.75. The summed E-state index contributed by atoms with van der Waals surface area (Å²) >= 11 is 0. The van der Waals surface area contributed by atoms with Gasteiger partial charge in [-0.2, -0.15) is 0 Å². The number of rotatable bonds is 7. The van der Waals surface area contributed by atoms with E-state index in [-0.39, 0.29) is 18.6 Å². The Kier molecular flexibility index (Phi) is 6.88. The summed E-state index contributed by atoms with van der Waals surface area (Å²) < 4.78 is 19.7. The fourth-order valence-corrected chi connectivity index (χ4v) is 2.52. The molecule has 7 nitrogen and oxygen atoms in total. The molecule has 0 aromatic carbocycles. The van der Waals surface area contributed by atoms with Crippen LogP contribution in [0, 0.1) is 5.41 Å². The van der Waals surface area contributed by atoms with Crippen LogP contribution < -0.4 is 0 Å². The molecule has 0 radical (unpaired) electrons. The zero-order chi connectivity index (χ0) is 15.8. The van der Waals surface area contributed by atoms with Crippen LogP contribution >= 0.6 is 0 Å². The van der Waals surface area contributed by atoms with Gasteiger partial charge in [-0.15, -0.1) is 0 Å². The molecule has 2 aliphatic heterocycles. The summed E-state index contributed by atoms with van der Waals surface area (Å²) in [5, 5.41) is 17.5. The number of aliphatic hydroxyl groups is 1. The Morgan fingerprint density at radius 1 is 1.09 bits per heavy atom. The van der Waals surface area contributed by atoms with Gasteiger partial charge in [-0.1, -0.05) is 19.3 Å². The van der Waals surface area contributed by atoms with E-state index in [4.69, 9.17) is 19.3 Å². The maximum atomic E-state index is 10.2. The molecule has 3 fully saturated rings. The van der Waals surface area contributed by atoms with Gasteiger partial charge in [0.2, 0.25) is 0 Å². The maximum Gasteiger partial charge on any atom is 0.505 e. The zero-order valence-corrected chi connectivity index (χ0v) is 12.9. The van der Waals surface area contributed by atoms with Crippen molar-refractivity contribution in [3.8, 4) is 0 Å². The highest BCUT2D eigenvalue weighted by Crippen LogP contribution is 2.35. The highest BCUT2D eigenvalue weighted by Gasteiger charge is 2.32. The fraction of sp³-hybridized carbons (Fsp3) is 0.933. The summed E-state index contributed by atoms with van der Waals surface area (Å²) in [6.45, 7) is 3.43. The van der Waals surface area contributed by atoms with Gasteiger partial charge in [0, 0.05) is 5.41 Å². The van der Waals surface area contributed by atoms with E-state index in [1.54, 1.807) is 0 Å². The second kappa shape index (κ2) is 8.67. The van der Waals surface area contributed by atoms with Crippen molar-refractivity contribution in [1.29, 1.82) is 0 Å². The van der Waals surface area contributed by atoms with Crippen LogP contribution in [0.1, 0.15) is 32.1 Å². The molecule has 2 atom stereocenters. The summed E-state index contributed by atoms with van der Waals surface area (Å²) in [4.78, 5) is 10.2. The van der Waals surface area contributed by atoms with Crippen LogP contribution in [-0.4, -0.2) is 68.2 Å². The molecule has 3 aliphatic rings. The highest BCUT2D eigenvalue weighted by molar-refractivity contribution is 5.56. The summed E-state index contributed by atoms with van der Waals surface area (Å²) in [5.74, 6) is 0. The lowest BCUT2D eigenvalue weighted by Crippen LogP contribution is -2.34. The Labute approximate surface area is 130 Å². The van der Waals surface area contributed by atoms with Crippen LogP contribution in [0.2, 0.25) is 0 Å². The monoisotopic (exact) mass is 318 g/mol. The standard InChI is InChI=1S/C9H16O4.C6H10O3/c10-6-9(7-13-8(11)12)4-2-1-3-5-9;1(5-3-8-5)7-2-6-4-9-6/h10H,1-7H2,(H,11,12);5-6H,1-4H2. The van der Waals surface area contributed by atoms with E-state index in [0.29, 0.717) is 12.2 Å². The Balaban J connectivity index is 0.000000170. The van der Waals surface area contributed by atoms with E-state index >= 15 is 0 Å². The van der Waals surface area contributed by atoms with Gasteiger partial charge < -0.3 is 29.2 Å². The Hall–Kier alpha value is -0.890. The van der Waals surface area contributed by atoms with Gasteiger partial charge in [0.15, 0.2) is 0 Å². The van der Waals surface area contributed by atoms with Crippen LogP contribution in [-0.2, 0) is 18.9 Å². The third-order valence-corrected chi connectivity index (χ3v) is 4.16. The first-order chi connectivity index (χ1) is 10.6. The summed E-state index contributed by atoms with van der Waals surface area (Å²) in [7, 11) is 0. The minimum Gasteiger partial charge on any atom is -0.450 e. The van der Waals surface area contributed by atoms with E-state index in [9.17, 15) is 9.90 Å². The largest absolute Gasteiger partial charge is 0.505 e. The molecule has 2 heterocycles. The number of aliphatic hydroxyl groups excluding tert-OH is 1. The minimum atomic E-state index is -1.25. The second-order valence-corrected chi connectivity index (χ2v) is 6.22. The molecule has 1 aliphatic carbocycles. The van der Waals surface area contributed by atoms with Gasteiger partial charge in [-0.25, -0.2) is 4.79 Å². The molecular weight excluding hydrogens is 292 g/mol. The SMILES string of the molecule is C(OCC1CO1)C1CO1.O=C(O)OCC1(CO)CCCCC1. The van der Waals surface area contributed by atoms with Crippen molar-refractivity contribution in [1.82, 2.24) is 0 Å². The van der Waals surface area contributed by atoms with Gasteiger partial charge in [0.05, 0.1) is 33.0 Å². The van der Waals surface area contributed by atoms with E-state index in [1.807, 2.05) is 0 Å². The summed E-state index contributed by atoms with van der Waals surface area (Å²) in [6, 6.07) is 0. The van der Waals surface area contributed by atoms with Gasteiger partial charge in [-0.05, 0) is 12.8 Å². The normalized spacial score (nSPS) is 28.2. The third-order valence-electron chi connectivity index (χ3n) is 4.16. The van der Waals surface area contributed by atoms with Gasteiger partial charge in [0.25, 0.3) is 0 Å². The lowest BCUT2D eigenvalue weighted by molar-refractivity contribution is -0.00429. The first-order valence-electron chi connectivity index (χ1n) is 7.91. The average Bonchev–Trinajstić information content (AvgIpc) is 3.42. The Morgan fingerprint density at radius 3 is 2.05 bits per heavy atom. The van der Waals surface area contributed by atoms with Gasteiger partial charge in [0.1, 0.15) is 18.8 Å². The van der Waals surface area contributed by atoms with Crippen molar-refractivity contribution < 1.29 is 34.0 Å². The van der Waals surface area contributed by atoms with Crippen molar-refractivity contribution in [3.05, 3.63) is 0 Å². The quantitative estimate of drug-likeness (QED) is 0.541. The van der Waals surface area contributed by atoms with Crippen LogP contribution in [0.25, 0.3) is 0 Å². The van der Waals surface area contributed by atoms with Crippen LogP contribution in [0.5, 0.6) is 0 Å². The van der Waals surface area contributed by atoms with Crippen molar-refractivity contribution in [2.45, 2.75) is 44.3 Å². The maximum absolute atomic E-state index is 10.2. The van der Waals surface area contributed by atoms with Gasteiger partial charge in [-0.3, -0.25) is 0 Å². The molecule has 7 heteroatoms. The molecule has 2 N–H and O–H groups in total. The number of hydrogen-bond donors (Lipinski definition) is 2. The van der Waals surface area contributed by atoms with Gasteiger partial charge >= 0.3 is 6.16 Å². The van der Waals surface area contributed by atoms with Crippen LogP contribution in [0.15, 0.2) is 0 Å². The topological polar surface area (TPSA) is 101 Å². The predicted molar refractivity (Wildman–Crippen MR) is 76.9 cm³/mol. The molecule has 3 rings (SSSR count). The highest BCUT2D eigenvalue weighted by atomic mass is 16.7. The molecular formula is C15H26O7. The molecule has 0 aromatic rings. The molecule has 1 saturated carbocycles. The minimum absolute atomic E-state index is 0.0281. The molecule has 0 bridgehead atoms. The van der Waals surface area contributed by atoms with E-state index in [2.05, 4.69) is 4.74 Å². The molecule has 0 spiro atoms. The predicted octanol–water partition coefficient (Wildman–Crippen LogP) is 1.42. The number of hydrogen-bond acceptors (Lipinski definition) is 6. The lowest BCUT2D eigenvalue weighted by Gasteiger charge is -2.34. The smallest absolute Gasteiger partial charge is 0.450 e. The van der Waals surface area contributed by atoms with E-state index in [0.717, 1.165) is 52.1 Å². The second-order valence-electron chi connectivity index (χ2n) is 6.22. The molecule has 2 saturated heterocycles. The third kappa shape index (κ3) is 6.91. The molecule has 0 aromatic heterocycles. The van der Waals surface area contributed by atoms with Crippen molar-refractivity contribution in [2.24, 2.45) is 5.41 Å². The number of carboxylic acid groups (broad SMARTS) is 1. The van der Waals surface area contributed by atoms with E-state index in [1.165, 1.54) is 6.42 Å². The molecule has 128 valence electrons. The Morgan fingerprint density at radius 2 is 1.64 bits per heavy atom. The first kappa shape index (κ1) is 17.5. The molecule has 2 unspecified atom stereocenters. The fourth-order valence-electron chi connectivity index (χ4n) is 2.52. The summed E-state index contributed by atoms with van der Waals surface area (Å²) in [5.41, 5.74) is -0.295. The van der Waals surface area contributed by atoms with Crippen molar-refractivity contribution in [3.63, 3.8) is 0 Å². The Bertz CT molecular complexity index is 321. The van der Waals surface area contributed by atoms with Crippen LogP contribution in [0.4, 0.5) is 4.79 Å². The first-order valence-corrected chi connectivity index (χ1v) is 7.91. The molecule has 0 amide bonds. The average molecular weight is 318 g/mol. The number of ether oxygens (including phenoxy) is 4. The molecule has 22 heavy (non-hydrogen) atoms. The summed E-state index contributed by atoms with van der Waals surface area (Å²) in [6.07, 6.45) is 4.57. The van der Waals surface area contributed by atoms with E-state index < -0.39 is 6.16 Å². The number of epoxide rings is 2. The zero-order valence-electron chi connectivity index (χ0n) is 12.9. The van der Waals surface area contributed by atoms with Crippen LogP contribution in [0.3, 0.4) is 0 Å².